The fourth-order valence-electron chi connectivity index (χ4n) is 1.75. The normalized spacial score (nSPS) is 14.2. The van der Waals surface area contributed by atoms with Crippen LogP contribution in [0.3, 0.4) is 0 Å². The summed E-state index contributed by atoms with van der Waals surface area (Å²) in [6.45, 7) is 2.05. The second-order valence-corrected chi connectivity index (χ2v) is 6.50. The molecule has 96 valence electrons. The van der Waals surface area contributed by atoms with Gasteiger partial charge in [-0.05, 0) is 36.1 Å². The van der Waals surface area contributed by atoms with Gasteiger partial charge in [-0.1, -0.05) is 18.2 Å². The summed E-state index contributed by atoms with van der Waals surface area (Å²) in [4.78, 5) is 0. The Balaban J connectivity index is 2.23. The van der Waals surface area contributed by atoms with Gasteiger partial charge in [0.1, 0.15) is 5.75 Å². The number of ether oxygens (including phenoxy) is 1. The average Bonchev–Trinajstić information content (AvgIpc) is 2.88. The minimum absolute atomic E-state index is 0.0872. The van der Waals surface area contributed by atoms with Gasteiger partial charge in [-0.25, -0.2) is 0 Å². The summed E-state index contributed by atoms with van der Waals surface area (Å²) in [6, 6.07) is 12.4. The standard InChI is InChI=1S/C14H17NOS2/c1-10(15)14(18-13-7-4-8-17-13)11-5-3-6-12(9-11)16-2/h3-10,14H,15H2,1-2H3. The van der Waals surface area contributed by atoms with Gasteiger partial charge in [0.2, 0.25) is 0 Å². The summed E-state index contributed by atoms with van der Waals surface area (Å²) in [5, 5.41) is 2.34. The maximum atomic E-state index is 6.12. The summed E-state index contributed by atoms with van der Waals surface area (Å²) in [5.41, 5.74) is 7.33. The highest BCUT2D eigenvalue weighted by Gasteiger charge is 2.18. The van der Waals surface area contributed by atoms with E-state index in [0.717, 1.165) is 5.75 Å². The predicted molar refractivity (Wildman–Crippen MR) is 79.6 cm³/mol. The van der Waals surface area contributed by atoms with Crippen molar-refractivity contribution in [3.8, 4) is 5.75 Å². The maximum absolute atomic E-state index is 6.12. The predicted octanol–water partition coefficient (Wildman–Crippen LogP) is 3.94. The molecule has 0 radical (unpaired) electrons. The van der Waals surface area contributed by atoms with Crippen molar-refractivity contribution in [3.05, 3.63) is 47.3 Å². The number of rotatable bonds is 5. The third-order valence-corrected chi connectivity index (χ3v) is 5.20. The molecule has 1 aromatic carbocycles. The van der Waals surface area contributed by atoms with Crippen LogP contribution in [0.25, 0.3) is 0 Å². The molecule has 0 bridgehead atoms. The second kappa shape index (κ2) is 6.27. The van der Waals surface area contributed by atoms with E-state index in [1.807, 2.05) is 30.8 Å². The van der Waals surface area contributed by atoms with Crippen LogP contribution in [-0.2, 0) is 0 Å². The Morgan fingerprint density at radius 1 is 1.28 bits per heavy atom. The number of thioether (sulfide) groups is 1. The molecule has 0 aliphatic carbocycles. The zero-order chi connectivity index (χ0) is 13.0. The van der Waals surface area contributed by atoms with Crippen LogP contribution in [0.5, 0.6) is 5.75 Å². The highest BCUT2D eigenvalue weighted by molar-refractivity contribution is 8.01. The molecule has 2 nitrogen and oxygen atoms in total. The van der Waals surface area contributed by atoms with Crippen LogP contribution >= 0.6 is 23.1 Å². The van der Waals surface area contributed by atoms with Crippen molar-refractivity contribution < 1.29 is 4.74 Å². The van der Waals surface area contributed by atoms with E-state index in [1.165, 1.54) is 9.77 Å². The van der Waals surface area contributed by atoms with Gasteiger partial charge >= 0.3 is 0 Å². The molecule has 0 amide bonds. The molecule has 18 heavy (non-hydrogen) atoms. The summed E-state index contributed by atoms with van der Waals surface area (Å²) in [5.74, 6) is 0.880. The molecular weight excluding hydrogens is 262 g/mol. The third-order valence-electron chi connectivity index (χ3n) is 2.64. The summed E-state index contributed by atoms with van der Waals surface area (Å²) < 4.78 is 6.56. The number of methoxy groups -OCH3 is 1. The fraction of sp³-hybridized carbons (Fsp3) is 0.286. The molecule has 1 aromatic heterocycles. The Hall–Kier alpha value is -0.970. The molecule has 4 heteroatoms. The zero-order valence-electron chi connectivity index (χ0n) is 10.5. The SMILES string of the molecule is COc1cccc(C(Sc2cccs2)C(C)N)c1. The van der Waals surface area contributed by atoms with Crippen LogP contribution in [0.4, 0.5) is 0 Å². The second-order valence-electron chi connectivity index (χ2n) is 4.11. The topological polar surface area (TPSA) is 35.2 Å². The first-order valence-corrected chi connectivity index (χ1v) is 7.56. The highest BCUT2D eigenvalue weighted by Crippen LogP contribution is 2.40. The van der Waals surface area contributed by atoms with Crippen LogP contribution in [-0.4, -0.2) is 13.2 Å². The molecule has 2 unspecified atom stereocenters. The van der Waals surface area contributed by atoms with E-state index in [1.54, 1.807) is 18.4 Å². The highest BCUT2D eigenvalue weighted by atomic mass is 32.2. The summed E-state index contributed by atoms with van der Waals surface area (Å²) >= 11 is 3.56. The minimum atomic E-state index is 0.0872. The van der Waals surface area contributed by atoms with E-state index < -0.39 is 0 Å². The van der Waals surface area contributed by atoms with Gasteiger partial charge < -0.3 is 10.5 Å². The Kier molecular flexibility index (Phi) is 4.69. The number of hydrogen-bond acceptors (Lipinski definition) is 4. The van der Waals surface area contributed by atoms with Crippen molar-refractivity contribution >= 4 is 23.1 Å². The largest absolute Gasteiger partial charge is 0.497 e. The van der Waals surface area contributed by atoms with E-state index in [0.29, 0.717) is 0 Å². The van der Waals surface area contributed by atoms with E-state index in [9.17, 15) is 0 Å². The first-order chi connectivity index (χ1) is 8.70. The van der Waals surface area contributed by atoms with Crippen molar-refractivity contribution in [2.24, 2.45) is 5.73 Å². The van der Waals surface area contributed by atoms with Crippen molar-refractivity contribution in [3.63, 3.8) is 0 Å². The minimum Gasteiger partial charge on any atom is -0.497 e. The van der Waals surface area contributed by atoms with Crippen molar-refractivity contribution in [1.29, 1.82) is 0 Å². The molecule has 2 aromatic rings. The monoisotopic (exact) mass is 279 g/mol. The Morgan fingerprint density at radius 2 is 2.11 bits per heavy atom. The molecule has 0 fully saturated rings. The maximum Gasteiger partial charge on any atom is 0.119 e. The third kappa shape index (κ3) is 3.28. The number of benzene rings is 1. The summed E-state index contributed by atoms with van der Waals surface area (Å²) in [6.07, 6.45) is 0. The molecule has 0 aliphatic heterocycles. The quantitative estimate of drug-likeness (QED) is 0.842. The van der Waals surface area contributed by atoms with Crippen molar-refractivity contribution in [1.82, 2.24) is 0 Å². The average molecular weight is 279 g/mol. The number of thiophene rings is 1. The lowest BCUT2D eigenvalue weighted by molar-refractivity contribution is 0.414. The molecule has 0 saturated carbocycles. The molecule has 2 atom stereocenters. The van der Waals surface area contributed by atoms with Crippen LogP contribution in [0.1, 0.15) is 17.7 Å². The lowest BCUT2D eigenvalue weighted by Gasteiger charge is -2.20. The molecule has 2 N–H and O–H groups in total. The Morgan fingerprint density at radius 3 is 2.72 bits per heavy atom. The van der Waals surface area contributed by atoms with Gasteiger partial charge in [0.25, 0.3) is 0 Å². The molecule has 2 rings (SSSR count). The van der Waals surface area contributed by atoms with Crippen LogP contribution in [0.2, 0.25) is 0 Å². The van der Waals surface area contributed by atoms with Gasteiger partial charge in [-0.15, -0.1) is 23.1 Å². The summed E-state index contributed by atoms with van der Waals surface area (Å²) in [7, 11) is 1.69. The Labute approximate surface area is 116 Å². The lowest BCUT2D eigenvalue weighted by Crippen LogP contribution is -2.22. The van der Waals surface area contributed by atoms with E-state index in [4.69, 9.17) is 10.5 Å². The lowest BCUT2D eigenvalue weighted by atomic mass is 10.1. The van der Waals surface area contributed by atoms with E-state index in [2.05, 4.69) is 29.6 Å². The molecule has 1 heterocycles. The fourth-order valence-corrected chi connectivity index (χ4v) is 3.81. The smallest absolute Gasteiger partial charge is 0.119 e. The van der Waals surface area contributed by atoms with E-state index in [-0.39, 0.29) is 11.3 Å². The zero-order valence-corrected chi connectivity index (χ0v) is 12.1. The molecular formula is C14H17NOS2. The van der Waals surface area contributed by atoms with Gasteiger partial charge in [0.05, 0.1) is 16.6 Å². The molecule has 0 aliphatic rings. The van der Waals surface area contributed by atoms with Gasteiger partial charge in [-0.2, -0.15) is 0 Å². The van der Waals surface area contributed by atoms with Gasteiger partial charge in [0.15, 0.2) is 0 Å². The van der Waals surface area contributed by atoms with Crippen LogP contribution in [0, 0.1) is 0 Å². The van der Waals surface area contributed by atoms with Crippen LogP contribution in [0.15, 0.2) is 46.0 Å². The van der Waals surface area contributed by atoms with Gasteiger partial charge in [0, 0.05) is 6.04 Å². The van der Waals surface area contributed by atoms with Crippen LogP contribution < -0.4 is 10.5 Å². The van der Waals surface area contributed by atoms with Crippen molar-refractivity contribution in [2.75, 3.05) is 7.11 Å². The van der Waals surface area contributed by atoms with Crippen molar-refractivity contribution in [2.45, 2.75) is 22.4 Å². The first-order valence-electron chi connectivity index (χ1n) is 5.80. The Bertz CT molecular complexity index is 482. The molecule has 0 saturated heterocycles. The number of hydrogen-bond donors (Lipinski definition) is 1. The first kappa shape index (κ1) is 13.5. The number of nitrogens with two attached hydrogens (primary N) is 1. The van der Waals surface area contributed by atoms with Gasteiger partial charge in [-0.3, -0.25) is 0 Å². The van der Waals surface area contributed by atoms with E-state index >= 15 is 0 Å². The molecule has 0 spiro atoms.